The van der Waals surface area contributed by atoms with Crippen LogP contribution >= 0.6 is 27.3 Å². The molecule has 0 saturated heterocycles. The molecule has 8 heteroatoms. The van der Waals surface area contributed by atoms with Gasteiger partial charge in [0, 0.05) is 6.54 Å². The number of rotatable bonds is 4. The molecular formula is C7H8BrNO4S2. The van der Waals surface area contributed by atoms with E-state index in [4.69, 9.17) is 5.11 Å². The first-order valence-electron chi connectivity index (χ1n) is 3.90. The Kier molecular flexibility index (Phi) is 3.87. The molecule has 0 fully saturated rings. The van der Waals surface area contributed by atoms with Crippen LogP contribution in [-0.2, 0) is 10.0 Å². The molecule has 0 bridgehead atoms. The first kappa shape index (κ1) is 12.6. The molecule has 0 aliphatic carbocycles. The molecule has 0 unspecified atom stereocenters. The van der Waals surface area contributed by atoms with Crippen LogP contribution in [0, 0.1) is 0 Å². The van der Waals surface area contributed by atoms with Gasteiger partial charge in [0.1, 0.15) is 9.77 Å². The summed E-state index contributed by atoms with van der Waals surface area (Å²) in [7, 11) is -3.60. The fourth-order valence-electron chi connectivity index (χ4n) is 0.908. The Bertz CT molecular complexity index is 479. The van der Waals surface area contributed by atoms with E-state index >= 15 is 0 Å². The van der Waals surface area contributed by atoms with Crippen LogP contribution in [0.5, 0.6) is 0 Å². The predicted octanol–water partition coefficient (Wildman–Crippen LogP) is 1.51. The van der Waals surface area contributed by atoms with Crippen molar-refractivity contribution in [2.24, 2.45) is 0 Å². The standard InChI is InChI=1S/C7H8BrNO4S2/c1-2-9-15(12,13)5-3-4(7(10)11)14-6(5)8/h3,9H,2H2,1H3,(H,10,11). The van der Waals surface area contributed by atoms with Gasteiger partial charge in [0.25, 0.3) is 0 Å². The molecule has 0 saturated carbocycles. The van der Waals surface area contributed by atoms with Crippen LogP contribution < -0.4 is 4.72 Å². The van der Waals surface area contributed by atoms with Crippen LogP contribution in [0.25, 0.3) is 0 Å². The van der Waals surface area contributed by atoms with Crippen LogP contribution in [-0.4, -0.2) is 26.0 Å². The molecule has 84 valence electrons. The maximum absolute atomic E-state index is 11.6. The highest BCUT2D eigenvalue weighted by Gasteiger charge is 2.22. The molecule has 1 aromatic rings. The molecule has 0 atom stereocenters. The second-order valence-electron chi connectivity index (χ2n) is 2.56. The van der Waals surface area contributed by atoms with E-state index in [1.165, 1.54) is 0 Å². The van der Waals surface area contributed by atoms with E-state index in [2.05, 4.69) is 20.7 Å². The third-order valence-electron chi connectivity index (χ3n) is 1.49. The summed E-state index contributed by atoms with van der Waals surface area (Å²) in [6.07, 6.45) is 0. The smallest absolute Gasteiger partial charge is 0.345 e. The van der Waals surface area contributed by atoms with E-state index in [0.717, 1.165) is 17.4 Å². The molecular weight excluding hydrogens is 306 g/mol. The molecule has 1 rings (SSSR count). The Labute approximate surface area is 99.3 Å². The number of carboxylic acid groups (broad SMARTS) is 1. The van der Waals surface area contributed by atoms with Crippen LogP contribution in [0.3, 0.4) is 0 Å². The predicted molar refractivity (Wildman–Crippen MR) is 59.8 cm³/mol. The molecule has 0 aliphatic rings. The lowest BCUT2D eigenvalue weighted by Gasteiger charge is -2.01. The van der Waals surface area contributed by atoms with Crippen molar-refractivity contribution in [3.8, 4) is 0 Å². The van der Waals surface area contributed by atoms with Gasteiger partial charge in [-0.1, -0.05) is 6.92 Å². The summed E-state index contributed by atoms with van der Waals surface area (Å²) in [4.78, 5) is 10.6. The number of halogens is 1. The average Bonchev–Trinajstić information content (AvgIpc) is 2.47. The lowest BCUT2D eigenvalue weighted by Crippen LogP contribution is -2.22. The summed E-state index contributed by atoms with van der Waals surface area (Å²) in [5.41, 5.74) is 0. The van der Waals surface area contributed by atoms with Crippen LogP contribution in [0.4, 0.5) is 0 Å². The van der Waals surface area contributed by atoms with Gasteiger partial charge < -0.3 is 5.11 Å². The lowest BCUT2D eigenvalue weighted by molar-refractivity contribution is 0.0702. The molecule has 0 amide bonds. The van der Waals surface area contributed by atoms with Gasteiger partial charge in [0.05, 0.1) is 3.79 Å². The first-order chi connectivity index (χ1) is 6.88. The molecule has 0 aromatic carbocycles. The third kappa shape index (κ3) is 2.77. The van der Waals surface area contributed by atoms with Gasteiger partial charge in [-0.25, -0.2) is 17.9 Å². The number of thiophene rings is 1. The second kappa shape index (κ2) is 4.60. The fourth-order valence-corrected chi connectivity index (χ4v) is 4.35. The zero-order valence-corrected chi connectivity index (χ0v) is 10.9. The summed E-state index contributed by atoms with van der Waals surface area (Å²) >= 11 is 3.90. The quantitative estimate of drug-likeness (QED) is 0.882. The molecule has 15 heavy (non-hydrogen) atoms. The number of sulfonamides is 1. The number of nitrogens with one attached hydrogen (secondary N) is 1. The van der Waals surface area contributed by atoms with Gasteiger partial charge in [-0.05, 0) is 22.0 Å². The van der Waals surface area contributed by atoms with Crippen LogP contribution in [0.2, 0.25) is 0 Å². The Hall–Kier alpha value is -0.440. The highest BCUT2D eigenvalue weighted by molar-refractivity contribution is 9.11. The van der Waals surface area contributed by atoms with Crippen molar-refractivity contribution in [3.05, 3.63) is 14.7 Å². The van der Waals surface area contributed by atoms with Crippen molar-refractivity contribution in [1.29, 1.82) is 0 Å². The van der Waals surface area contributed by atoms with Crippen molar-refractivity contribution in [2.45, 2.75) is 11.8 Å². The minimum atomic E-state index is -3.60. The van der Waals surface area contributed by atoms with Crippen molar-refractivity contribution in [1.82, 2.24) is 4.72 Å². The maximum Gasteiger partial charge on any atom is 0.345 e. The number of hydrogen-bond acceptors (Lipinski definition) is 4. The second-order valence-corrected chi connectivity index (χ2v) is 6.66. The Morgan fingerprint density at radius 2 is 2.27 bits per heavy atom. The maximum atomic E-state index is 11.6. The van der Waals surface area contributed by atoms with Gasteiger partial charge in [-0.2, -0.15) is 0 Å². The highest BCUT2D eigenvalue weighted by Crippen LogP contribution is 2.31. The number of carbonyl (C=O) groups is 1. The van der Waals surface area contributed by atoms with Gasteiger partial charge >= 0.3 is 5.97 Å². The zero-order valence-electron chi connectivity index (χ0n) is 7.65. The summed E-state index contributed by atoms with van der Waals surface area (Å²) in [6.45, 7) is 1.91. The summed E-state index contributed by atoms with van der Waals surface area (Å²) in [6, 6.07) is 1.13. The number of aromatic carboxylic acids is 1. The largest absolute Gasteiger partial charge is 0.477 e. The molecule has 1 aromatic heterocycles. The molecule has 0 aliphatic heterocycles. The van der Waals surface area contributed by atoms with Gasteiger partial charge in [0.2, 0.25) is 10.0 Å². The SMILES string of the molecule is CCNS(=O)(=O)c1cc(C(=O)O)sc1Br. The fraction of sp³-hybridized carbons (Fsp3) is 0.286. The molecule has 2 N–H and O–H groups in total. The third-order valence-corrected chi connectivity index (χ3v) is 5.28. The van der Waals surface area contributed by atoms with Crippen LogP contribution in [0.1, 0.15) is 16.6 Å². The summed E-state index contributed by atoms with van der Waals surface area (Å²) in [5, 5.41) is 8.69. The highest BCUT2D eigenvalue weighted by atomic mass is 79.9. The summed E-state index contributed by atoms with van der Waals surface area (Å²) in [5.74, 6) is -1.14. The zero-order chi connectivity index (χ0) is 11.6. The topological polar surface area (TPSA) is 83.5 Å². The Morgan fingerprint density at radius 1 is 1.67 bits per heavy atom. The lowest BCUT2D eigenvalue weighted by atomic mass is 10.5. The van der Waals surface area contributed by atoms with Crippen molar-refractivity contribution in [3.63, 3.8) is 0 Å². The molecule has 5 nitrogen and oxygen atoms in total. The monoisotopic (exact) mass is 313 g/mol. The molecule has 0 radical (unpaired) electrons. The van der Waals surface area contributed by atoms with E-state index in [1.807, 2.05) is 0 Å². The molecule has 0 spiro atoms. The van der Waals surface area contributed by atoms with Gasteiger partial charge in [-0.15, -0.1) is 11.3 Å². The normalized spacial score (nSPS) is 11.6. The van der Waals surface area contributed by atoms with Crippen LogP contribution in [0.15, 0.2) is 14.7 Å². The van der Waals surface area contributed by atoms with E-state index < -0.39 is 16.0 Å². The van der Waals surface area contributed by atoms with E-state index in [-0.39, 0.29) is 16.3 Å². The van der Waals surface area contributed by atoms with Gasteiger partial charge in [0.15, 0.2) is 0 Å². The van der Waals surface area contributed by atoms with Gasteiger partial charge in [-0.3, -0.25) is 0 Å². The number of carboxylic acids is 1. The van der Waals surface area contributed by atoms with Crippen molar-refractivity contribution >= 4 is 43.3 Å². The Balaban J connectivity index is 3.21. The molecule has 1 heterocycles. The Morgan fingerprint density at radius 3 is 2.67 bits per heavy atom. The summed E-state index contributed by atoms with van der Waals surface area (Å²) < 4.78 is 25.7. The van der Waals surface area contributed by atoms with E-state index in [9.17, 15) is 13.2 Å². The number of hydrogen-bond donors (Lipinski definition) is 2. The minimum Gasteiger partial charge on any atom is -0.477 e. The van der Waals surface area contributed by atoms with Crippen molar-refractivity contribution in [2.75, 3.05) is 6.54 Å². The first-order valence-corrected chi connectivity index (χ1v) is 7.00. The minimum absolute atomic E-state index is 0.0154. The van der Waals surface area contributed by atoms with E-state index in [1.54, 1.807) is 6.92 Å². The van der Waals surface area contributed by atoms with Crippen molar-refractivity contribution < 1.29 is 18.3 Å². The van der Waals surface area contributed by atoms with E-state index in [0.29, 0.717) is 3.79 Å². The average molecular weight is 314 g/mol.